The van der Waals surface area contributed by atoms with Gasteiger partial charge in [-0.3, -0.25) is 10.1 Å². The second kappa shape index (κ2) is 6.51. The number of anilines is 1. The van der Waals surface area contributed by atoms with Crippen molar-refractivity contribution in [2.45, 2.75) is 32.9 Å². The maximum absolute atomic E-state index is 12.9. The van der Waals surface area contributed by atoms with Crippen molar-refractivity contribution < 1.29 is 18.7 Å². The summed E-state index contributed by atoms with van der Waals surface area (Å²) in [5.41, 5.74) is -1.38. The Hall–Kier alpha value is -2.57. The highest BCUT2D eigenvalue weighted by Gasteiger charge is 2.47. The molecule has 2 rings (SSSR count). The van der Waals surface area contributed by atoms with Gasteiger partial charge >= 0.3 is 6.03 Å². The van der Waals surface area contributed by atoms with Crippen LogP contribution in [0.15, 0.2) is 36.1 Å². The molecule has 0 radical (unpaired) electrons. The molecule has 0 saturated heterocycles. The van der Waals surface area contributed by atoms with Crippen LogP contribution in [0.4, 0.5) is 14.9 Å². The predicted molar refractivity (Wildman–Crippen MR) is 88.6 cm³/mol. The quantitative estimate of drug-likeness (QED) is 0.795. The first-order chi connectivity index (χ1) is 11.2. The van der Waals surface area contributed by atoms with Crippen LogP contribution in [-0.2, 0) is 9.53 Å². The van der Waals surface area contributed by atoms with Crippen LogP contribution in [0.5, 0.6) is 0 Å². The van der Waals surface area contributed by atoms with E-state index >= 15 is 0 Å². The number of nitrogens with one attached hydrogen (secondary N) is 3. The highest BCUT2D eigenvalue weighted by atomic mass is 19.1. The number of ether oxygens (including phenoxy) is 1. The highest BCUT2D eigenvalue weighted by Crippen LogP contribution is 2.37. The summed E-state index contributed by atoms with van der Waals surface area (Å²) in [5, 5.41) is 7.64. The normalized spacial score (nSPS) is 20.0. The fraction of sp³-hybridized carbons (Fsp3) is 0.412. The number of hydrogen-bond acceptors (Lipinski definition) is 3. The molecule has 24 heavy (non-hydrogen) atoms. The number of hydrogen-bond donors (Lipinski definition) is 3. The molecule has 3 amide bonds. The second-order valence-electron chi connectivity index (χ2n) is 6.62. The summed E-state index contributed by atoms with van der Waals surface area (Å²) < 4.78 is 18.7. The smallest absolute Gasteiger partial charge is 0.322 e. The number of carbonyl (C=O) groups is 2. The van der Waals surface area contributed by atoms with Crippen LogP contribution in [0, 0.1) is 11.2 Å². The Labute approximate surface area is 140 Å². The number of amides is 3. The molecule has 1 aliphatic rings. The minimum atomic E-state index is -1.50. The monoisotopic (exact) mass is 335 g/mol. The summed E-state index contributed by atoms with van der Waals surface area (Å²) in [4.78, 5) is 24.5. The molecule has 7 heteroatoms. The topological polar surface area (TPSA) is 79.5 Å². The lowest BCUT2D eigenvalue weighted by Crippen LogP contribution is -2.59. The molecule has 0 spiro atoms. The molecular weight excluding hydrogens is 313 g/mol. The van der Waals surface area contributed by atoms with Crippen molar-refractivity contribution in [3.05, 3.63) is 41.9 Å². The third kappa shape index (κ3) is 3.84. The van der Waals surface area contributed by atoms with Crippen molar-refractivity contribution in [1.82, 2.24) is 10.6 Å². The zero-order chi connectivity index (χ0) is 18.0. The van der Waals surface area contributed by atoms with Crippen molar-refractivity contribution in [3.63, 3.8) is 0 Å². The molecule has 1 unspecified atom stereocenters. The van der Waals surface area contributed by atoms with Gasteiger partial charge < -0.3 is 15.4 Å². The second-order valence-corrected chi connectivity index (χ2v) is 6.62. The van der Waals surface area contributed by atoms with E-state index in [0.717, 1.165) is 0 Å². The van der Waals surface area contributed by atoms with Crippen LogP contribution in [0.3, 0.4) is 0 Å². The first-order valence-corrected chi connectivity index (χ1v) is 7.63. The molecule has 1 heterocycles. The summed E-state index contributed by atoms with van der Waals surface area (Å²) in [7, 11) is 1.47. The van der Waals surface area contributed by atoms with Crippen molar-refractivity contribution in [2.24, 2.45) is 5.41 Å². The molecule has 1 atom stereocenters. The third-order valence-corrected chi connectivity index (χ3v) is 3.61. The SMILES string of the molecule is CNC(=O)C1(NC(=O)Nc2ccc(F)cc2)CC=C(C(C)(C)C)O1. The Bertz CT molecular complexity index is 665. The molecule has 0 saturated carbocycles. The van der Waals surface area contributed by atoms with Gasteiger partial charge in [0.25, 0.3) is 11.6 Å². The Balaban J connectivity index is 2.12. The summed E-state index contributed by atoms with van der Waals surface area (Å²) in [6, 6.07) is 4.70. The average Bonchev–Trinajstić information content (AvgIpc) is 2.94. The van der Waals surface area contributed by atoms with Crippen LogP contribution in [0.25, 0.3) is 0 Å². The zero-order valence-electron chi connectivity index (χ0n) is 14.2. The number of allylic oxidation sites excluding steroid dienone is 1. The van der Waals surface area contributed by atoms with Gasteiger partial charge in [0, 0.05) is 24.6 Å². The molecule has 3 N–H and O–H groups in total. The van der Waals surface area contributed by atoms with Gasteiger partial charge in [0.2, 0.25) is 0 Å². The van der Waals surface area contributed by atoms with Crippen LogP contribution in [0.1, 0.15) is 27.2 Å². The van der Waals surface area contributed by atoms with Gasteiger partial charge in [-0.2, -0.15) is 0 Å². The van der Waals surface area contributed by atoms with Gasteiger partial charge in [-0.25, -0.2) is 9.18 Å². The largest absolute Gasteiger partial charge is 0.462 e. The first-order valence-electron chi connectivity index (χ1n) is 7.63. The van der Waals surface area contributed by atoms with E-state index in [1.54, 1.807) is 6.08 Å². The molecule has 130 valence electrons. The van der Waals surface area contributed by atoms with Crippen LogP contribution < -0.4 is 16.0 Å². The number of benzene rings is 1. The van der Waals surface area contributed by atoms with Crippen molar-refractivity contribution in [2.75, 3.05) is 12.4 Å². The number of urea groups is 1. The van der Waals surface area contributed by atoms with E-state index in [-0.39, 0.29) is 11.8 Å². The maximum atomic E-state index is 12.9. The molecule has 6 nitrogen and oxygen atoms in total. The van der Waals surface area contributed by atoms with E-state index in [1.807, 2.05) is 20.8 Å². The van der Waals surface area contributed by atoms with Gasteiger partial charge in [-0.1, -0.05) is 20.8 Å². The van der Waals surface area contributed by atoms with Crippen molar-refractivity contribution in [3.8, 4) is 0 Å². The fourth-order valence-electron chi connectivity index (χ4n) is 2.32. The van der Waals surface area contributed by atoms with Crippen LogP contribution >= 0.6 is 0 Å². The van der Waals surface area contributed by atoms with E-state index in [0.29, 0.717) is 11.4 Å². The Morgan fingerprint density at radius 1 is 1.21 bits per heavy atom. The summed E-state index contributed by atoms with van der Waals surface area (Å²) in [6.07, 6.45) is 2.02. The predicted octanol–water partition coefficient (Wildman–Crippen LogP) is 2.74. The zero-order valence-corrected chi connectivity index (χ0v) is 14.2. The van der Waals surface area contributed by atoms with E-state index in [1.165, 1.54) is 31.3 Å². The van der Waals surface area contributed by atoms with Gasteiger partial charge in [-0.15, -0.1) is 0 Å². The standard InChI is InChI=1S/C17H22FN3O3/c1-16(2,3)13-9-10-17(24-13,14(22)19-4)21-15(23)20-12-7-5-11(18)6-8-12/h5-9H,10H2,1-4H3,(H,19,22)(H2,20,21,23). The Morgan fingerprint density at radius 2 is 1.83 bits per heavy atom. The van der Waals surface area contributed by atoms with E-state index < -0.39 is 23.5 Å². The lowest BCUT2D eigenvalue weighted by molar-refractivity contribution is -0.142. The number of carbonyl (C=O) groups excluding carboxylic acids is 2. The van der Waals surface area contributed by atoms with Crippen molar-refractivity contribution in [1.29, 1.82) is 0 Å². The van der Waals surface area contributed by atoms with E-state index in [4.69, 9.17) is 4.74 Å². The van der Waals surface area contributed by atoms with E-state index in [9.17, 15) is 14.0 Å². The molecule has 1 aliphatic heterocycles. The van der Waals surface area contributed by atoms with Crippen LogP contribution in [0.2, 0.25) is 0 Å². The molecule has 0 bridgehead atoms. The van der Waals surface area contributed by atoms with Crippen LogP contribution in [-0.4, -0.2) is 24.7 Å². The van der Waals surface area contributed by atoms with Gasteiger partial charge in [-0.05, 0) is 30.3 Å². The fourth-order valence-corrected chi connectivity index (χ4v) is 2.32. The van der Waals surface area contributed by atoms with E-state index in [2.05, 4.69) is 16.0 Å². The lowest BCUT2D eigenvalue weighted by Gasteiger charge is -2.31. The summed E-state index contributed by atoms with van der Waals surface area (Å²) >= 11 is 0. The average molecular weight is 335 g/mol. The summed E-state index contributed by atoms with van der Waals surface area (Å²) in [5.74, 6) is -0.221. The molecular formula is C17H22FN3O3. The molecule has 1 aromatic rings. The minimum Gasteiger partial charge on any atom is -0.462 e. The lowest BCUT2D eigenvalue weighted by atomic mass is 9.94. The third-order valence-electron chi connectivity index (χ3n) is 3.61. The molecule has 1 aromatic carbocycles. The van der Waals surface area contributed by atoms with Gasteiger partial charge in [0.15, 0.2) is 0 Å². The highest BCUT2D eigenvalue weighted by molar-refractivity contribution is 5.95. The maximum Gasteiger partial charge on any atom is 0.322 e. The Kier molecular flexibility index (Phi) is 4.82. The summed E-state index contributed by atoms with van der Waals surface area (Å²) in [6.45, 7) is 5.87. The number of halogens is 1. The van der Waals surface area contributed by atoms with Gasteiger partial charge in [0.1, 0.15) is 11.6 Å². The molecule has 0 fully saturated rings. The first kappa shape index (κ1) is 17.8. The number of likely N-dealkylation sites (N-methyl/N-ethyl adjacent to an activating group) is 1. The molecule has 0 aliphatic carbocycles. The van der Waals surface area contributed by atoms with Gasteiger partial charge in [0.05, 0.1) is 0 Å². The number of rotatable bonds is 3. The Morgan fingerprint density at radius 3 is 2.33 bits per heavy atom. The molecule has 0 aromatic heterocycles. The van der Waals surface area contributed by atoms with Crippen molar-refractivity contribution >= 4 is 17.6 Å². The minimum absolute atomic E-state index is 0.218.